The number of fused-ring (bicyclic) bond motifs is 1. The molecular formula is C20H20Cl2N2O3. The Kier molecular flexibility index (Phi) is 6.34. The molecule has 27 heavy (non-hydrogen) atoms. The zero-order valence-corrected chi connectivity index (χ0v) is 16.4. The minimum atomic E-state index is -0.683. The summed E-state index contributed by atoms with van der Waals surface area (Å²) in [7, 11) is 0. The van der Waals surface area contributed by atoms with E-state index in [1.54, 1.807) is 0 Å². The molecule has 0 bridgehead atoms. The fraction of sp³-hybridized carbons (Fsp3) is 0.350. The predicted molar refractivity (Wildman–Crippen MR) is 104 cm³/mol. The Hall–Kier alpha value is -2.11. The van der Waals surface area contributed by atoms with E-state index in [1.807, 2.05) is 13.0 Å². The zero-order chi connectivity index (χ0) is 19.4. The van der Waals surface area contributed by atoms with Gasteiger partial charge in [0.2, 0.25) is 0 Å². The van der Waals surface area contributed by atoms with E-state index in [2.05, 4.69) is 22.4 Å². The summed E-state index contributed by atoms with van der Waals surface area (Å²) in [6, 6.07) is 7.53. The average molecular weight is 407 g/mol. The van der Waals surface area contributed by atoms with Crippen molar-refractivity contribution in [1.82, 2.24) is 10.3 Å². The van der Waals surface area contributed by atoms with Crippen LogP contribution in [-0.4, -0.2) is 23.5 Å². The summed E-state index contributed by atoms with van der Waals surface area (Å²) >= 11 is 11.5. The summed E-state index contributed by atoms with van der Waals surface area (Å²) in [6.07, 6.45) is 5.90. The van der Waals surface area contributed by atoms with Gasteiger partial charge >= 0.3 is 5.97 Å². The van der Waals surface area contributed by atoms with E-state index in [9.17, 15) is 9.59 Å². The van der Waals surface area contributed by atoms with E-state index in [-0.39, 0.29) is 34.3 Å². The SMILES string of the molecule is C[C@H](NC(=O)COC(=O)c1cnc(Cl)c(Cl)c1)c1ccc2c(c1)CCCC2. The molecule has 3 rings (SSSR count). The maximum Gasteiger partial charge on any atom is 0.340 e. The summed E-state index contributed by atoms with van der Waals surface area (Å²) in [4.78, 5) is 27.9. The lowest BCUT2D eigenvalue weighted by Gasteiger charge is -2.20. The van der Waals surface area contributed by atoms with Crippen LogP contribution in [0.5, 0.6) is 0 Å². The molecule has 1 N–H and O–H groups in total. The second-order valence-corrected chi connectivity index (χ2v) is 7.36. The molecule has 0 spiro atoms. The van der Waals surface area contributed by atoms with Crippen molar-refractivity contribution < 1.29 is 14.3 Å². The van der Waals surface area contributed by atoms with Gasteiger partial charge < -0.3 is 10.1 Å². The largest absolute Gasteiger partial charge is 0.452 e. The number of nitrogens with one attached hydrogen (secondary N) is 1. The van der Waals surface area contributed by atoms with Crippen LogP contribution >= 0.6 is 23.2 Å². The van der Waals surface area contributed by atoms with Gasteiger partial charge in [-0.15, -0.1) is 0 Å². The normalized spacial score (nSPS) is 14.2. The Morgan fingerprint density at radius 2 is 1.93 bits per heavy atom. The predicted octanol–water partition coefficient (Wildman–Crippen LogP) is 4.30. The first-order valence-electron chi connectivity index (χ1n) is 8.83. The number of amides is 1. The molecule has 5 nitrogen and oxygen atoms in total. The second kappa shape index (κ2) is 8.72. The van der Waals surface area contributed by atoms with Crippen LogP contribution in [0.4, 0.5) is 0 Å². The molecule has 0 aliphatic heterocycles. The Balaban J connectivity index is 1.54. The fourth-order valence-corrected chi connectivity index (χ4v) is 3.41. The van der Waals surface area contributed by atoms with Crippen LogP contribution in [0.2, 0.25) is 10.2 Å². The molecule has 0 radical (unpaired) electrons. The van der Waals surface area contributed by atoms with Crippen LogP contribution in [-0.2, 0) is 22.4 Å². The highest BCUT2D eigenvalue weighted by atomic mass is 35.5. The number of rotatable bonds is 5. The summed E-state index contributed by atoms with van der Waals surface area (Å²) in [6.45, 7) is 1.53. The molecule has 1 amide bonds. The first kappa shape index (κ1) is 19.6. The number of esters is 1. The van der Waals surface area contributed by atoms with Gasteiger partial charge in [0.1, 0.15) is 5.15 Å². The minimum absolute atomic E-state index is 0.102. The van der Waals surface area contributed by atoms with Gasteiger partial charge in [-0.25, -0.2) is 9.78 Å². The molecule has 7 heteroatoms. The summed E-state index contributed by atoms with van der Waals surface area (Å²) in [5.74, 6) is -1.06. The lowest BCUT2D eigenvalue weighted by molar-refractivity contribution is -0.124. The number of hydrogen-bond donors (Lipinski definition) is 1. The number of ether oxygens (including phenoxy) is 1. The highest BCUT2D eigenvalue weighted by molar-refractivity contribution is 6.41. The third kappa shape index (κ3) is 4.99. The van der Waals surface area contributed by atoms with Crippen LogP contribution in [0.3, 0.4) is 0 Å². The van der Waals surface area contributed by atoms with E-state index in [0.717, 1.165) is 18.4 Å². The smallest absolute Gasteiger partial charge is 0.340 e. The summed E-state index contributed by atoms with van der Waals surface area (Å²) < 4.78 is 5.02. The Labute approximate surface area is 168 Å². The third-order valence-electron chi connectivity index (χ3n) is 4.62. The van der Waals surface area contributed by atoms with Crippen molar-refractivity contribution in [2.75, 3.05) is 6.61 Å². The van der Waals surface area contributed by atoms with Gasteiger partial charge in [0.25, 0.3) is 5.91 Å². The van der Waals surface area contributed by atoms with Crippen LogP contribution in [0, 0.1) is 0 Å². The van der Waals surface area contributed by atoms with Crippen LogP contribution in [0.1, 0.15) is 52.9 Å². The lowest BCUT2D eigenvalue weighted by atomic mass is 9.89. The molecule has 0 saturated heterocycles. The van der Waals surface area contributed by atoms with E-state index in [4.69, 9.17) is 27.9 Å². The lowest BCUT2D eigenvalue weighted by Crippen LogP contribution is -2.31. The van der Waals surface area contributed by atoms with Gasteiger partial charge in [-0.2, -0.15) is 0 Å². The van der Waals surface area contributed by atoms with Crippen molar-refractivity contribution in [3.05, 3.63) is 62.9 Å². The van der Waals surface area contributed by atoms with E-state index in [0.29, 0.717) is 0 Å². The number of aryl methyl sites for hydroxylation is 2. The van der Waals surface area contributed by atoms with Gasteiger partial charge in [-0.1, -0.05) is 41.4 Å². The van der Waals surface area contributed by atoms with E-state index >= 15 is 0 Å². The van der Waals surface area contributed by atoms with Crippen molar-refractivity contribution in [3.63, 3.8) is 0 Å². The van der Waals surface area contributed by atoms with Gasteiger partial charge in [-0.3, -0.25) is 4.79 Å². The van der Waals surface area contributed by atoms with Crippen molar-refractivity contribution in [3.8, 4) is 0 Å². The van der Waals surface area contributed by atoms with E-state index < -0.39 is 5.97 Å². The molecule has 0 unspecified atom stereocenters. The molecule has 0 fully saturated rings. The molecule has 1 atom stereocenters. The first-order chi connectivity index (χ1) is 12.9. The standard InChI is InChI=1S/C20H20Cl2N2O3/c1-12(14-7-6-13-4-2-3-5-15(13)8-14)24-18(25)11-27-20(26)16-9-17(21)19(22)23-10-16/h6-10,12H,2-5,11H2,1H3,(H,24,25)/t12-/m0/s1. The Morgan fingerprint density at radius 3 is 2.67 bits per heavy atom. The number of carbonyl (C=O) groups is 2. The monoisotopic (exact) mass is 406 g/mol. The molecular weight excluding hydrogens is 387 g/mol. The number of halogens is 2. The quantitative estimate of drug-likeness (QED) is 0.593. The van der Waals surface area contributed by atoms with Crippen molar-refractivity contribution in [2.45, 2.75) is 38.6 Å². The van der Waals surface area contributed by atoms with Crippen LogP contribution < -0.4 is 5.32 Å². The maximum atomic E-state index is 12.1. The number of benzene rings is 1. The van der Waals surface area contributed by atoms with Crippen molar-refractivity contribution >= 4 is 35.1 Å². The van der Waals surface area contributed by atoms with Gasteiger partial charge in [0, 0.05) is 6.20 Å². The number of nitrogens with zero attached hydrogens (tertiary/aromatic N) is 1. The van der Waals surface area contributed by atoms with Crippen LogP contribution in [0.15, 0.2) is 30.5 Å². The van der Waals surface area contributed by atoms with Gasteiger partial charge in [-0.05, 0) is 55.4 Å². The average Bonchev–Trinajstić information content (AvgIpc) is 2.67. The third-order valence-corrected chi connectivity index (χ3v) is 5.30. The molecule has 142 valence electrons. The molecule has 1 aliphatic carbocycles. The van der Waals surface area contributed by atoms with Gasteiger partial charge in [0.05, 0.1) is 16.6 Å². The number of hydrogen-bond acceptors (Lipinski definition) is 4. The Morgan fingerprint density at radius 1 is 1.19 bits per heavy atom. The fourth-order valence-electron chi connectivity index (χ4n) is 3.14. The van der Waals surface area contributed by atoms with Crippen molar-refractivity contribution in [2.24, 2.45) is 0 Å². The highest BCUT2D eigenvalue weighted by Gasteiger charge is 2.16. The van der Waals surface area contributed by atoms with Gasteiger partial charge in [0.15, 0.2) is 6.61 Å². The highest BCUT2D eigenvalue weighted by Crippen LogP contribution is 2.25. The number of aromatic nitrogens is 1. The molecule has 1 heterocycles. The zero-order valence-electron chi connectivity index (χ0n) is 14.9. The number of carbonyl (C=O) groups excluding carboxylic acids is 2. The molecule has 1 aliphatic rings. The first-order valence-corrected chi connectivity index (χ1v) is 9.59. The molecule has 1 aromatic carbocycles. The molecule has 1 aromatic heterocycles. The molecule has 0 saturated carbocycles. The van der Waals surface area contributed by atoms with Crippen molar-refractivity contribution in [1.29, 1.82) is 0 Å². The van der Waals surface area contributed by atoms with E-state index in [1.165, 1.54) is 36.2 Å². The summed E-state index contributed by atoms with van der Waals surface area (Å²) in [5, 5.41) is 3.10. The van der Waals surface area contributed by atoms with Crippen LogP contribution in [0.25, 0.3) is 0 Å². The Bertz CT molecular complexity index is 870. The second-order valence-electron chi connectivity index (χ2n) is 6.60. The molecule has 2 aromatic rings. The number of pyridine rings is 1. The summed E-state index contributed by atoms with van der Waals surface area (Å²) in [5.41, 5.74) is 3.94. The maximum absolute atomic E-state index is 12.1. The minimum Gasteiger partial charge on any atom is -0.452 e. The topological polar surface area (TPSA) is 68.3 Å².